The number of aliphatic hydroxyl groups excluding tert-OH is 1. The van der Waals surface area contributed by atoms with Crippen molar-refractivity contribution in [2.75, 3.05) is 50.8 Å². The van der Waals surface area contributed by atoms with Gasteiger partial charge < -0.3 is 14.9 Å². The molecule has 1 aliphatic rings. The minimum atomic E-state index is 0.0231. The lowest BCUT2D eigenvalue weighted by Crippen LogP contribution is -2.49. The molecule has 1 N–H and O–H groups in total. The van der Waals surface area contributed by atoms with Crippen LogP contribution in [-0.4, -0.2) is 72.6 Å². The number of carbonyl (C=O) groups excluding carboxylic acids is 2. The third-order valence-electron chi connectivity index (χ3n) is 5.79. The lowest BCUT2D eigenvalue weighted by atomic mass is 10.1. The SMILES string of the molecule is CCCCC(=O)N(CC#Cc1ccc(C(=O)N2CCN(CCO)CC2)cc1)c1ccccc1. The first-order chi connectivity index (χ1) is 16.1. The molecule has 6 heteroatoms. The maximum atomic E-state index is 12.8. The van der Waals surface area contributed by atoms with Gasteiger partial charge >= 0.3 is 0 Å². The number of piperazine rings is 1. The predicted molar refractivity (Wildman–Crippen MR) is 131 cm³/mol. The number of hydrogen-bond acceptors (Lipinski definition) is 4. The Morgan fingerprint density at radius 1 is 1.00 bits per heavy atom. The zero-order valence-corrected chi connectivity index (χ0v) is 19.4. The van der Waals surface area contributed by atoms with E-state index >= 15 is 0 Å². The van der Waals surface area contributed by atoms with Gasteiger partial charge in [-0.05, 0) is 42.8 Å². The molecule has 0 aliphatic carbocycles. The molecule has 1 saturated heterocycles. The molecule has 2 aromatic carbocycles. The number of rotatable bonds is 8. The number of benzene rings is 2. The number of amides is 2. The summed E-state index contributed by atoms with van der Waals surface area (Å²) in [5, 5.41) is 9.06. The van der Waals surface area contributed by atoms with Gasteiger partial charge in [-0.1, -0.05) is 43.4 Å². The normalized spacial score (nSPS) is 13.8. The molecule has 1 heterocycles. The fourth-order valence-electron chi connectivity index (χ4n) is 3.81. The van der Waals surface area contributed by atoms with Crippen molar-refractivity contribution in [3.8, 4) is 11.8 Å². The highest BCUT2D eigenvalue weighted by Gasteiger charge is 2.21. The van der Waals surface area contributed by atoms with Crippen LogP contribution in [0, 0.1) is 11.8 Å². The van der Waals surface area contributed by atoms with Crippen LogP contribution < -0.4 is 4.90 Å². The van der Waals surface area contributed by atoms with E-state index in [1.807, 2.05) is 59.5 Å². The van der Waals surface area contributed by atoms with Crippen molar-refractivity contribution >= 4 is 17.5 Å². The monoisotopic (exact) mass is 447 g/mol. The van der Waals surface area contributed by atoms with Crippen molar-refractivity contribution < 1.29 is 14.7 Å². The highest BCUT2D eigenvalue weighted by Crippen LogP contribution is 2.15. The van der Waals surface area contributed by atoms with E-state index in [0.29, 0.717) is 38.2 Å². The maximum absolute atomic E-state index is 12.8. The Hall–Kier alpha value is -3.14. The third kappa shape index (κ3) is 7.18. The fraction of sp³-hybridized carbons (Fsp3) is 0.407. The van der Waals surface area contributed by atoms with E-state index in [4.69, 9.17) is 5.11 Å². The van der Waals surface area contributed by atoms with Gasteiger partial charge in [-0.25, -0.2) is 0 Å². The second-order valence-electron chi connectivity index (χ2n) is 8.16. The molecule has 0 radical (unpaired) electrons. The molecule has 0 unspecified atom stereocenters. The average molecular weight is 448 g/mol. The van der Waals surface area contributed by atoms with Crippen LogP contribution in [0.5, 0.6) is 0 Å². The van der Waals surface area contributed by atoms with E-state index in [1.165, 1.54) is 0 Å². The smallest absolute Gasteiger partial charge is 0.253 e. The first-order valence-electron chi connectivity index (χ1n) is 11.7. The van der Waals surface area contributed by atoms with Crippen molar-refractivity contribution in [3.05, 3.63) is 65.7 Å². The molecule has 0 atom stereocenters. The third-order valence-corrected chi connectivity index (χ3v) is 5.79. The molecule has 2 amide bonds. The van der Waals surface area contributed by atoms with Crippen LogP contribution in [0.1, 0.15) is 42.1 Å². The number of para-hydroxylation sites is 1. The van der Waals surface area contributed by atoms with Crippen molar-refractivity contribution in [2.45, 2.75) is 26.2 Å². The van der Waals surface area contributed by atoms with Crippen molar-refractivity contribution in [2.24, 2.45) is 0 Å². The molecule has 1 fully saturated rings. The average Bonchev–Trinajstić information content (AvgIpc) is 2.86. The molecule has 0 bridgehead atoms. The van der Waals surface area contributed by atoms with Gasteiger partial charge in [0.15, 0.2) is 0 Å². The lowest BCUT2D eigenvalue weighted by Gasteiger charge is -2.34. The molecule has 6 nitrogen and oxygen atoms in total. The maximum Gasteiger partial charge on any atom is 0.253 e. The van der Waals surface area contributed by atoms with E-state index in [-0.39, 0.29) is 18.4 Å². The number of nitrogens with zero attached hydrogens (tertiary/aromatic N) is 3. The Kier molecular flexibility index (Phi) is 9.49. The Bertz CT molecular complexity index is 956. The van der Waals surface area contributed by atoms with Gasteiger partial charge in [0.1, 0.15) is 0 Å². The minimum Gasteiger partial charge on any atom is -0.395 e. The zero-order valence-electron chi connectivity index (χ0n) is 19.4. The van der Waals surface area contributed by atoms with Gasteiger partial charge in [0.25, 0.3) is 5.91 Å². The number of hydrogen-bond donors (Lipinski definition) is 1. The standard InChI is InChI=1S/C27H33N3O3/c1-2-3-11-26(32)30(25-9-5-4-6-10-25)16-7-8-23-12-14-24(15-13-23)27(33)29-19-17-28(18-20-29)21-22-31/h4-6,9-10,12-15,31H,2-3,11,16-22H2,1H3. The van der Waals surface area contributed by atoms with Gasteiger partial charge in [0, 0.05) is 56.0 Å². The van der Waals surface area contributed by atoms with Crippen LogP contribution in [0.4, 0.5) is 5.69 Å². The molecule has 0 aromatic heterocycles. The number of carbonyl (C=O) groups is 2. The van der Waals surface area contributed by atoms with Crippen LogP contribution in [0.2, 0.25) is 0 Å². The number of anilines is 1. The van der Waals surface area contributed by atoms with E-state index in [1.54, 1.807) is 4.90 Å². The Balaban J connectivity index is 1.60. The van der Waals surface area contributed by atoms with E-state index < -0.39 is 0 Å². The summed E-state index contributed by atoms with van der Waals surface area (Å²) < 4.78 is 0. The van der Waals surface area contributed by atoms with E-state index in [0.717, 1.165) is 37.2 Å². The first-order valence-corrected chi connectivity index (χ1v) is 11.7. The molecule has 174 valence electrons. The fourth-order valence-corrected chi connectivity index (χ4v) is 3.81. The Labute approximate surface area is 196 Å². The minimum absolute atomic E-state index is 0.0231. The molecular weight excluding hydrogens is 414 g/mol. The molecule has 33 heavy (non-hydrogen) atoms. The summed E-state index contributed by atoms with van der Waals surface area (Å²) in [6, 6.07) is 17.0. The molecule has 2 aromatic rings. The van der Waals surface area contributed by atoms with Gasteiger partial charge in [-0.2, -0.15) is 0 Å². The second-order valence-corrected chi connectivity index (χ2v) is 8.16. The van der Waals surface area contributed by atoms with Crippen molar-refractivity contribution in [1.29, 1.82) is 0 Å². The topological polar surface area (TPSA) is 64.1 Å². The Morgan fingerprint density at radius 3 is 2.33 bits per heavy atom. The summed E-state index contributed by atoms with van der Waals surface area (Å²) in [5.41, 5.74) is 2.32. The first kappa shape index (κ1) is 24.5. The molecular formula is C27H33N3O3. The zero-order chi connectivity index (χ0) is 23.5. The van der Waals surface area contributed by atoms with E-state index in [2.05, 4.69) is 23.7 Å². The van der Waals surface area contributed by atoms with Gasteiger partial charge in [0.05, 0.1) is 13.2 Å². The summed E-state index contributed by atoms with van der Waals surface area (Å²) in [4.78, 5) is 31.2. The van der Waals surface area contributed by atoms with Crippen LogP contribution in [0.3, 0.4) is 0 Å². The number of β-amino-alcohol motifs (C(OH)–C–C–N with tert-alkyl or cyclic N) is 1. The van der Waals surface area contributed by atoms with Crippen LogP contribution in [-0.2, 0) is 4.79 Å². The highest BCUT2D eigenvalue weighted by molar-refractivity contribution is 5.94. The summed E-state index contributed by atoms with van der Waals surface area (Å²) in [6.45, 7) is 6.10. The van der Waals surface area contributed by atoms with Gasteiger partial charge in [-0.3, -0.25) is 14.5 Å². The van der Waals surface area contributed by atoms with Crippen molar-refractivity contribution in [1.82, 2.24) is 9.80 Å². The van der Waals surface area contributed by atoms with Crippen LogP contribution in [0.25, 0.3) is 0 Å². The van der Waals surface area contributed by atoms with Crippen LogP contribution in [0.15, 0.2) is 54.6 Å². The van der Waals surface area contributed by atoms with Gasteiger partial charge in [0.2, 0.25) is 5.91 Å². The summed E-state index contributed by atoms with van der Waals surface area (Å²) in [6.07, 6.45) is 2.35. The Morgan fingerprint density at radius 2 is 1.70 bits per heavy atom. The molecule has 0 saturated carbocycles. The molecule has 0 spiro atoms. The largest absolute Gasteiger partial charge is 0.395 e. The predicted octanol–water partition coefficient (Wildman–Crippen LogP) is 3.01. The summed E-state index contributed by atoms with van der Waals surface area (Å²) in [5.74, 6) is 6.35. The molecule has 3 rings (SSSR count). The van der Waals surface area contributed by atoms with Crippen LogP contribution >= 0.6 is 0 Å². The number of unbranched alkanes of at least 4 members (excludes halogenated alkanes) is 1. The lowest BCUT2D eigenvalue weighted by molar-refractivity contribution is -0.118. The quantitative estimate of drug-likeness (QED) is 0.632. The van der Waals surface area contributed by atoms with Crippen molar-refractivity contribution in [3.63, 3.8) is 0 Å². The highest BCUT2D eigenvalue weighted by atomic mass is 16.3. The second kappa shape index (κ2) is 12.8. The summed E-state index contributed by atoms with van der Waals surface area (Å²) >= 11 is 0. The van der Waals surface area contributed by atoms with Gasteiger partial charge in [-0.15, -0.1) is 0 Å². The molecule has 1 aliphatic heterocycles. The number of aliphatic hydroxyl groups is 1. The van der Waals surface area contributed by atoms with E-state index in [9.17, 15) is 9.59 Å². The summed E-state index contributed by atoms with van der Waals surface area (Å²) in [7, 11) is 0.